The Morgan fingerprint density at radius 2 is 1.87 bits per heavy atom. The predicted octanol–water partition coefficient (Wildman–Crippen LogP) is 1.74. The Labute approximate surface area is 255 Å². The van der Waals surface area contributed by atoms with Gasteiger partial charge in [0.1, 0.15) is 22.8 Å². The second kappa shape index (κ2) is 12.3. The second-order valence-electron chi connectivity index (χ2n) is 11.3. The van der Waals surface area contributed by atoms with Gasteiger partial charge in [-0.3, -0.25) is 24.1 Å². The van der Waals surface area contributed by atoms with Crippen LogP contribution in [0.5, 0.6) is 11.5 Å². The van der Waals surface area contributed by atoms with Crippen LogP contribution in [-0.4, -0.2) is 93.4 Å². The molecule has 0 radical (unpaired) electrons. The van der Waals surface area contributed by atoms with Crippen LogP contribution in [0.3, 0.4) is 0 Å². The van der Waals surface area contributed by atoms with Crippen LogP contribution in [0.4, 0.5) is 18.9 Å². The van der Waals surface area contributed by atoms with Gasteiger partial charge in [-0.1, -0.05) is 20.3 Å². The summed E-state index contributed by atoms with van der Waals surface area (Å²) in [6.45, 7) is 4.01. The molecule has 0 aromatic heterocycles. The molecule has 4 atom stereocenters. The third-order valence-electron chi connectivity index (χ3n) is 8.59. The number of fused-ring (bicyclic) bond motifs is 3. The number of rotatable bonds is 10. The molecule has 3 aliphatic rings. The van der Waals surface area contributed by atoms with Gasteiger partial charge >= 0.3 is 6.36 Å². The van der Waals surface area contributed by atoms with Crippen molar-refractivity contribution in [3.05, 3.63) is 39.9 Å². The summed E-state index contributed by atoms with van der Waals surface area (Å²) in [5, 5.41) is 50.3. The van der Waals surface area contributed by atoms with E-state index in [0.29, 0.717) is 6.54 Å². The van der Waals surface area contributed by atoms with E-state index in [-0.39, 0.29) is 25.1 Å². The average Bonchev–Trinajstić information content (AvgIpc) is 2.94. The number of amides is 2. The van der Waals surface area contributed by atoms with Gasteiger partial charge in [0.15, 0.2) is 17.1 Å². The number of phenolic OH excluding ortho intramolecular Hbond substituents is 1. The van der Waals surface area contributed by atoms with Crippen LogP contribution in [0, 0.1) is 11.8 Å². The van der Waals surface area contributed by atoms with Gasteiger partial charge in [0.25, 0.3) is 5.91 Å². The summed E-state index contributed by atoms with van der Waals surface area (Å²) in [6, 6.07) is -0.527. The number of carbonyl (C=O) groups excluding carboxylic acids is 4. The van der Waals surface area contributed by atoms with Crippen molar-refractivity contribution in [2.75, 3.05) is 32.0 Å². The van der Waals surface area contributed by atoms with Crippen LogP contribution in [0.15, 0.2) is 28.7 Å². The first-order valence-electron chi connectivity index (χ1n) is 14.3. The molecule has 8 N–H and O–H groups in total. The molecule has 0 fully saturated rings. The second-order valence-corrected chi connectivity index (χ2v) is 11.3. The number of unbranched alkanes of at least 4 members (excludes halogenated alkanes) is 1. The van der Waals surface area contributed by atoms with Crippen molar-refractivity contribution in [1.29, 1.82) is 0 Å². The third-order valence-corrected chi connectivity index (χ3v) is 8.59. The van der Waals surface area contributed by atoms with E-state index in [1.165, 1.54) is 11.9 Å². The number of aliphatic hydroxyl groups excluding tert-OH is 2. The number of allylic oxidation sites excluding steroid dienone is 1. The van der Waals surface area contributed by atoms with Gasteiger partial charge in [-0.15, -0.1) is 13.2 Å². The van der Waals surface area contributed by atoms with Crippen LogP contribution in [0.2, 0.25) is 0 Å². The monoisotopic (exact) mass is 640 g/mol. The van der Waals surface area contributed by atoms with Gasteiger partial charge in [-0.25, -0.2) is 0 Å². The summed E-state index contributed by atoms with van der Waals surface area (Å²) < 4.78 is 44.7. The van der Waals surface area contributed by atoms with E-state index < -0.39 is 105 Å². The molecule has 13 nitrogen and oxygen atoms in total. The number of phenols is 1. The first-order chi connectivity index (χ1) is 21.0. The summed E-state index contributed by atoms with van der Waals surface area (Å²) in [5.41, 5.74) is -0.875. The molecular formula is C29H35F3N4O9. The van der Waals surface area contributed by atoms with Crippen molar-refractivity contribution in [2.45, 2.75) is 57.5 Å². The molecule has 3 aliphatic carbocycles. The molecule has 0 saturated heterocycles. The Bertz CT molecular complexity index is 1510. The van der Waals surface area contributed by atoms with Crippen molar-refractivity contribution in [3.8, 4) is 11.5 Å². The fourth-order valence-corrected chi connectivity index (χ4v) is 6.40. The summed E-state index contributed by atoms with van der Waals surface area (Å²) in [7, 11) is 1.50. The third kappa shape index (κ3) is 5.84. The molecule has 0 saturated carbocycles. The number of aliphatic hydroxyl groups is 3. The molecule has 1 aromatic carbocycles. The molecule has 246 valence electrons. The Morgan fingerprint density at radius 1 is 1.20 bits per heavy atom. The number of aromatic hydroxyl groups is 1. The lowest BCUT2D eigenvalue weighted by molar-refractivity contribution is -0.275. The van der Waals surface area contributed by atoms with Crippen LogP contribution in [-0.2, 0) is 20.8 Å². The first-order valence-corrected chi connectivity index (χ1v) is 14.3. The number of benzene rings is 1. The van der Waals surface area contributed by atoms with Crippen molar-refractivity contribution in [3.63, 3.8) is 0 Å². The maximum absolute atomic E-state index is 13.9. The van der Waals surface area contributed by atoms with E-state index in [1.54, 1.807) is 6.92 Å². The largest absolute Gasteiger partial charge is 0.573 e. The molecule has 0 spiro atoms. The Kier molecular flexibility index (Phi) is 9.24. The van der Waals surface area contributed by atoms with E-state index in [1.807, 2.05) is 6.92 Å². The highest BCUT2D eigenvalue weighted by molar-refractivity contribution is 6.25. The topological polar surface area (TPSA) is 212 Å². The van der Waals surface area contributed by atoms with Crippen molar-refractivity contribution in [2.24, 2.45) is 17.6 Å². The number of nitrogens with one attached hydrogen (secondary N) is 2. The molecular weight excluding hydrogens is 605 g/mol. The highest BCUT2D eigenvalue weighted by atomic mass is 19.4. The lowest BCUT2D eigenvalue weighted by Crippen LogP contribution is -2.64. The zero-order valence-electron chi connectivity index (χ0n) is 24.7. The first kappa shape index (κ1) is 33.7. The number of likely N-dealkylation sites (N-methyl/N-ethyl adjacent to an activating group) is 1. The highest BCUT2D eigenvalue weighted by Crippen LogP contribution is 2.54. The number of primary amides is 1. The molecule has 1 aromatic rings. The number of anilines is 1. The Balaban J connectivity index is 1.87. The van der Waals surface area contributed by atoms with E-state index in [0.717, 1.165) is 18.9 Å². The number of alkyl halides is 3. The molecule has 0 unspecified atom stereocenters. The Morgan fingerprint density at radius 3 is 2.44 bits per heavy atom. The van der Waals surface area contributed by atoms with Crippen LogP contribution < -0.4 is 21.1 Å². The van der Waals surface area contributed by atoms with Gasteiger partial charge in [0, 0.05) is 23.1 Å². The van der Waals surface area contributed by atoms with Gasteiger partial charge in [0.2, 0.25) is 11.7 Å². The molecule has 0 aliphatic heterocycles. The van der Waals surface area contributed by atoms with Crippen molar-refractivity contribution >= 4 is 29.1 Å². The normalized spacial score (nSPS) is 24.8. The van der Waals surface area contributed by atoms with E-state index in [9.17, 15) is 52.8 Å². The Hall–Kier alpha value is -4.15. The minimum Gasteiger partial charge on any atom is -0.510 e. The fourth-order valence-electron chi connectivity index (χ4n) is 6.40. The van der Waals surface area contributed by atoms with Crippen LogP contribution >= 0.6 is 0 Å². The quantitative estimate of drug-likeness (QED) is 0.111. The number of nitrogens with zero attached hydrogens (tertiary/aromatic N) is 1. The van der Waals surface area contributed by atoms with Crippen molar-refractivity contribution in [1.82, 2.24) is 10.2 Å². The summed E-state index contributed by atoms with van der Waals surface area (Å²) in [6.07, 6.45) is -4.43. The highest BCUT2D eigenvalue weighted by Gasteiger charge is 2.63. The number of ketones is 2. The number of nitrogens with two attached hydrogens (primary N) is 1. The minimum absolute atomic E-state index is 0.214. The van der Waals surface area contributed by atoms with Gasteiger partial charge in [-0.2, -0.15) is 0 Å². The predicted molar refractivity (Wildman–Crippen MR) is 151 cm³/mol. The van der Waals surface area contributed by atoms with Crippen LogP contribution in [0.1, 0.15) is 49.0 Å². The smallest absolute Gasteiger partial charge is 0.510 e. The number of hydrogen-bond donors (Lipinski definition) is 7. The number of hydrogen-bond acceptors (Lipinski definition) is 11. The number of ether oxygens (including phenoxy) is 1. The lowest BCUT2D eigenvalue weighted by atomic mass is 9.58. The number of halogens is 3. The molecule has 4 rings (SSSR count). The summed E-state index contributed by atoms with van der Waals surface area (Å²) in [5.74, 6) is -11.1. The lowest BCUT2D eigenvalue weighted by Gasteiger charge is -2.50. The molecule has 0 bridgehead atoms. The zero-order chi connectivity index (χ0) is 33.6. The summed E-state index contributed by atoms with van der Waals surface area (Å²) in [4.78, 5) is 53.6. The SMILES string of the molecule is CCCCNCC(=O)Nc1cc(OC(F)(F)F)c2c(c1O)C(=O)C1=C(O)[C@]3(O)C(=O)C(C(N)=O)=C(O)[C@@H](N(C)CC)[C@@H]3C[C@@H]1C2. The zero-order valence-corrected chi connectivity index (χ0v) is 24.7. The maximum atomic E-state index is 13.9. The fraction of sp³-hybridized carbons (Fsp3) is 0.517. The van der Waals surface area contributed by atoms with Crippen molar-refractivity contribution < 1.29 is 57.5 Å². The van der Waals surface area contributed by atoms with E-state index >= 15 is 0 Å². The molecule has 2 amide bonds. The van der Waals surface area contributed by atoms with Gasteiger partial charge in [0.05, 0.1) is 23.8 Å². The maximum Gasteiger partial charge on any atom is 0.573 e. The molecule has 45 heavy (non-hydrogen) atoms. The van der Waals surface area contributed by atoms with E-state index in [4.69, 9.17) is 5.73 Å². The summed E-state index contributed by atoms with van der Waals surface area (Å²) >= 11 is 0. The van der Waals surface area contributed by atoms with Crippen LogP contribution in [0.25, 0.3) is 0 Å². The number of carbonyl (C=O) groups is 4. The van der Waals surface area contributed by atoms with Gasteiger partial charge in [-0.05, 0) is 45.3 Å². The average molecular weight is 641 g/mol. The minimum atomic E-state index is -5.24. The molecule has 0 heterocycles. The van der Waals surface area contributed by atoms with Gasteiger partial charge < -0.3 is 41.5 Å². The number of Topliss-reactive ketones (excluding diaryl/α,β-unsaturated/α-hetero) is 2. The standard InChI is InChI=1S/C29H35F3N4O9/c1-4-6-7-34-11-17(37)35-15-10-16(45-29(30,31)32)13-8-12-9-14-21(36(3)5-2)24(40)20(27(33)43)26(42)28(14,44)25(41)18(12)23(39)19(13)22(15)38/h10,12,14,21,34,38,40-41,44H,4-9,11H2,1-3H3,(H2,33,43)(H,35,37)/t12-,14-,21-,28-/m0/s1. The van der Waals surface area contributed by atoms with E-state index in [2.05, 4.69) is 15.4 Å². The molecule has 16 heteroatoms.